The molecule has 0 spiro atoms. The van der Waals surface area contributed by atoms with Crippen molar-refractivity contribution in [3.05, 3.63) is 65.9 Å². The molecule has 2 amide bonds. The number of fused-ring (bicyclic) bond motifs is 1. The van der Waals surface area contributed by atoms with Gasteiger partial charge in [0.15, 0.2) is 0 Å². The minimum absolute atomic E-state index is 0.217. The lowest BCUT2D eigenvalue weighted by molar-refractivity contribution is -0.137. The highest BCUT2D eigenvalue weighted by Gasteiger charge is 2.31. The molecule has 1 saturated heterocycles. The highest BCUT2D eigenvalue weighted by molar-refractivity contribution is 7.89. The van der Waals surface area contributed by atoms with Crippen molar-refractivity contribution in [2.75, 3.05) is 31.5 Å². The van der Waals surface area contributed by atoms with Gasteiger partial charge in [0.1, 0.15) is 0 Å². The number of amides is 2. The molecule has 192 valence electrons. The minimum Gasteiger partial charge on any atom is -0.337 e. The quantitative estimate of drug-likeness (QED) is 0.440. The van der Waals surface area contributed by atoms with Crippen LogP contribution in [0.2, 0.25) is 0 Å². The molecule has 0 aliphatic carbocycles. The van der Waals surface area contributed by atoms with E-state index in [1.807, 2.05) is 36.1 Å². The van der Waals surface area contributed by atoms with Crippen molar-refractivity contribution in [1.29, 1.82) is 0 Å². The van der Waals surface area contributed by atoms with Crippen LogP contribution in [0.3, 0.4) is 0 Å². The van der Waals surface area contributed by atoms with Gasteiger partial charge in [-0.15, -0.1) is 0 Å². The Morgan fingerprint density at radius 1 is 1.14 bits per heavy atom. The molecule has 3 aromatic rings. The van der Waals surface area contributed by atoms with Gasteiger partial charge in [0.2, 0.25) is 10.0 Å². The highest BCUT2D eigenvalue weighted by atomic mass is 32.2. The first-order chi connectivity index (χ1) is 17.0. The van der Waals surface area contributed by atoms with E-state index in [1.54, 1.807) is 6.07 Å². The number of alkyl halides is 3. The molecule has 3 N–H and O–H groups in total. The zero-order valence-corrected chi connectivity index (χ0v) is 20.3. The summed E-state index contributed by atoms with van der Waals surface area (Å²) in [4.78, 5) is 18.7. The number of hydrogen-bond donors (Lipinski definition) is 3. The predicted molar refractivity (Wildman–Crippen MR) is 130 cm³/mol. The summed E-state index contributed by atoms with van der Waals surface area (Å²) in [6.45, 7) is 3.77. The van der Waals surface area contributed by atoms with Crippen LogP contribution in [-0.2, 0) is 16.2 Å². The molecule has 1 aromatic heterocycles. The van der Waals surface area contributed by atoms with Crippen LogP contribution in [0.25, 0.3) is 10.9 Å². The first kappa shape index (κ1) is 25.9. The summed E-state index contributed by atoms with van der Waals surface area (Å²) in [5.41, 5.74) is 1.33. The summed E-state index contributed by atoms with van der Waals surface area (Å²) >= 11 is 0. The van der Waals surface area contributed by atoms with E-state index >= 15 is 0 Å². The van der Waals surface area contributed by atoms with Gasteiger partial charge < -0.3 is 10.6 Å². The number of pyridine rings is 1. The number of para-hydroxylation sites is 1. The number of likely N-dealkylation sites (tertiary alicyclic amines) is 1. The molecule has 2 aromatic carbocycles. The van der Waals surface area contributed by atoms with E-state index in [0.717, 1.165) is 40.9 Å². The molecule has 1 atom stereocenters. The molecule has 12 heteroatoms. The van der Waals surface area contributed by atoms with Crippen LogP contribution in [0.15, 0.2) is 59.5 Å². The van der Waals surface area contributed by atoms with Gasteiger partial charge in [0, 0.05) is 36.8 Å². The Labute approximate surface area is 206 Å². The summed E-state index contributed by atoms with van der Waals surface area (Å²) in [5.74, 6) is 0. The smallest absolute Gasteiger partial charge is 0.337 e. The number of halogens is 3. The minimum atomic E-state index is -4.53. The molecule has 4 rings (SSSR count). The topological polar surface area (TPSA) is 103 Å². The SMILES string of the molecule is Cc1cc(NC(=O)NCCN2CCC(NS(=O)(=O)c3ccc(C(F)(F)F)cc3)C2)c2ccccc2n1. The lowest BCUT2D eigenvalue weighted by Crippen LogP contribution is -2.39. The van der Waals surface area contributed by atoms with E-state index < -0.39 is 21.8 Å². The number of hydrogen-bond acceptors (Lipinski definition) is 5. The average molecular weight is 522 g/mol. The van der Waals surface area contributed by atoms with Crippen molar-refractivity contribution < 1.29 is 26.4 Å². The first-order valence-corrected chi connectivity index (χ1v) is 12.8. The molecule has 8 nitrogen and oxygen atoms in total. The molecule has 1 fully saturated rings. The molecule has 0 saturated carbocycles. The van der Waals surface area contributed by atoms with E-state index in [9.17, 15) is 26.4 Å². The number of benzene rings is 2. The first-order valence-electron chi connectivity index (χ1n) is 11.3. The largest absolute Gasteiger partial charge is 0.416 e. The second kappa shape index (κ2) is 10.4. The molecule has 1 aliphatic rings. The van der Waals surface area contributed by atoms with E-state index in [2.05, 4.69) is 20.3 Å². The maximum Gasteiger partial charge on any atom is 0.416 e. The summed E-state index contributed by atoms with van der Waals surface area (Å²) in [5, 5.41) is 6.49. The van der Waals surface area contributed by atoms with Gasteiger partial charge in [0.05, 0.1) is 21.7 Å². The second-order valence-electron chi connectivity index (χ2n) is 8.64. The van der Waals surface area contributed by atoms with Crippen LogP contribution in [0.4, 0.5) is 23.7 Å². The number of carbonyl (C=O) groups excluding carboxylic acids is 1. The van der Waals surface area contributed by atoms with Crippen LogP contribution in [0.1, 0.15) is 17.7 Å². The van der Waals surface area contributed by atoms with Crippen molar-refractivity contribution in [2.24, 2.45) is 0 Å². The van der Waals surface area contributed by atoms with Gasteiger partial charge in [-0.05, 0) is 56.3 Å². The fourth-order valence-corrected chi connectivity index (χ4v) is 5.41. The number of rotatable bonds is 7. The van der Waals surface area contributed by atoms with Crippen molar-refractivity contribution >= 4 is 32.6 Å². The van der Waals surface area contributed by atoms with E-state index in [4.69, 9.17) is 0 Å². The summed E-state index contributed by atoms with van der Waals surface area (Å²) in [7, 11) is -3.95. The fraction of sp³-hybridized carbons (Fsp3) is 0.333. The van der Waals surface area contributed by atoms with E-state index in [0.29, 0.717) is 38.3 Å². The monoisotopic (exact) mass is 521 g/mol. The van der Waals surface area contributed by atoms with Crippen molar-refractivity contribution in [1.82, 2.24) is 19.9 Å². The van der Waals surface area contributed by atoms with Gasteiger partial charge >= 0.3 is 12.2 Å². The van der Waals surface area contributed by atoms with Crippen LogP contribution < -0.4 is 15.4 Å². The number of sulfonamides is 1. The Bertz CT molecular complexity index is 1350. The molecule has 36 heavy (non-hydrogen) atoms. The number of nitrogens with zero attached hydrogens (tertiary/aromatic N) is 2. The standard InChI is InChI=1S/C24H26F3N5O3S/c1-16-14-22(20-4-2-3-5-21(20)29-16)30-23(33)28-11-13-32-12-10-18(15-32)31-36(34,35)19-8-6-17(7-9-19)24(25,26)27/h2-9,14,18,31H,10-13,15H2,1H3,(H2,28,29,30,33). The maximum absolute atomic E-state index is 12.7. The Hall–Kier alpha value is -3.22. The van der Waals surface area contributed by atoms with Crippen LogP contribution in [0, 0.1) is 6.92 Å². The lowest BCUT2D eigenvalue weighted by Gasteiger charge is -2.17. The molecule has 1 aliphatic heterocycles. The van der Waals surface area contributed by atoms with Gasteiger partial charge in [-0.2, -0.15) is 13.2 Å². The Kier molecular flexibility index (Phi) is 7.48. The molecule has 1 unspecified atom stereocenters. The Morgan fingerprint density at radius 3 is 2.58 bits per heavy atom. The van der Waals surface area contributed by atoms with Gasteiger partial charge in [0.25, 0.3) is 0 Å². The Balaban J connectivity index is 1.25. The third-order valence-corrected chi connectivity index (χ3v) is 7.43. The number of anilines is 1. The number of carbonyl (C=O) groups is 1. The van der Waals surface area contributed by atoms with Gasteiger partial charge in [-0.3, -0.25) is 9.88 Å². The number of urea groups is 1. The molecule has 0 bridgehead atoms. The number of aromatic nitrogens is 1. The predicted octanol–water partition coefficient (Wildman–Crippen LogP) is 3.74. The van der Waals surface area contributed by atoms with Gasteiger partial charge in [-0.1, -0.05) is 18.2 Å². The normalized spacial score (nSPS) is 16.8. The molecular weight excluding hydrogens is 495 g/mol. The summed E-state index contributed by atoms with van der Waals surface area (Å²) in [6, 6.07) is 12.0. The zero-order chi connectivity index (χ0) is 25.9. The highest BCUT2D eigenvalue weighted by Crippen LogP contribution is 2.30. The summed E-state index contributed by atoms with van der Waals surface area (Å²) in [6.07, 6.45) is -3.98. The average Bonchev–Trinajstić information content (AvgIpc) is 3.25. The molecule has 2 heterocycles. The molecular formula is C24H26F3N5O3S. The third kappa shape index (κ3) is 6.31. The third-order valence-electron chi connectivity index (χ3n) is 5.89. The maximum atomic E-state index is 12.7. The van der Waals surface area contributed by atoms with Crippen molar-refractivity contribution in [3.8, 4) is 0 Å². The van der Waals surface area contributed by atoms with Crippen molar-refractivity contribution in [3.63, 3.8) is 0 Å². The lowest BCUT2D eigenvalue weighted by atomic mass is 10.1. The van der Waals surface area contributed by atoms with E-state index in [1.165, 1.54) is 0 Å². The van der Waals surface area contributed by atoms with Gasteiger partial charge in [-0.25, -0.2) is 17.9 Å². The Morgan fingerprint density at radius 2 is 1.86 bits per heavy atom. The fourth-order valence-electron chi connectivity index (χ4n) is 4.15. The summed E-state index contributed by atoms with van der Waals surface area (Å²) < 4.78 is 65.9. The molecule has 0 radical (unpaired) electrons. The van der Waals surface area contributed by atoms with Crippen LogP contribution in [-0.4, -0.2) is 56.6 Å². The zero-order valence-electron chi connectivity index (χ0n) is 19.5. The van der Waals surface area contributed by atoms with Crippen molar-refractivity contribution in [2.45, 2.75) is 30.5 Å². The van der Waals surface area contributed by atoms with E-state index in [-0.39, 0.29) is 17.0 Å². The second-order valence-corrected chi connectivity index (χ2v) is 10.4. The van der Waals surface area contributed by atoms with Crippen LogP contribution >= 0.6 is 0 Å². The van der Waals surface area contributed by atoms with Crippen LogP contribution in [0.5, 0.6) is 0 Å². The number of nitrogens with one attached hydrogen (secondary N) is 3. The number of aryl methyl sites for hydroxylation is 1.